The lowest BCUT2D eigenvalue weighted by molar-refractivity contribution is -0.145. The molecule has 16 rings (SSSR count). The lowest BCUT2D eigenvalue weighted by Gasteiger charge is -2.47. The van der Waals surface area contributed by atoms with E-state index in [0.29, 0.717) is 47.3 Å². The van der Waals surface area contributed by atoms with Crippen molar-refractivity contribution in [2.24, 2.45) is 107 Å². The highest BCUT2D eigenvalue weighted by Crippen LogP contribution is 2.57. The second-order valence-electron chi connectivity index (χ2n) is 30.8. The number of nitrogens with one attached hydrogen (secondary N) is 1. The summed E-state index contributed by atoms with van der Waals surface area (Å²) < 4.78 is 57.7. The van der Waals surface area contributed by atoms with Gasteiger partial charge in [-0.15, -0.1) is 0 Å². The molecule has 11 nitrogen and oxygen atoms in total. The molecule has 0 radical (unpaired) electrons. The molecule has 98 heavy (non-hydrogen) atoms. The number of pyridine rings is 3. The Hall–Kier alpha value is -8.00. The molecule has 14 heteroatoms. The van der Waals surface area contributed by atoms with Crippen LogP contribution in [0.5, 0.6) is 0 Å². The minimum absolute atomic E-state index is 0.00477. The van der Waals surface area contributed by atoms with Crippen molar-refractivity contribution in [1.29, 1.82) is 0 Å². The van der Waals surface area contributed by atoms with Gasteiger partial charge in [-0.05, 0) is 252 Å². The first-order valence-corrected chi connectivity index (χ1v) is 36.6. The SMILES string of the molecule is C[C@@H]1CC[C@@H]2[C@@H](C1)C[C@H]1C(=O)O[C@H](C)[C@H]1[C@H]2/C=C/c1ccc(-c2cccc(F)c2)cn1.C[C@@H]1CC[C@@H]2[C@@H](C1)C[C@H]1C(=O)O[C@H](C)[C@H]1[C@H]2/C=C/c1ccc(-c2cccc(F)c2)cn1.C[C@H]1OC(=O)[C@@H]2C[C@@H]3C[C@H](NC(=O)C4CC4)CC[C@H]3[C@H](/C=C/c3ccc(-c4cccc(F)c4)cn3)[C@H]12. The second kappa shape index (κ2) is 29.1. The molecule has 7 saturated carbocycles. The van der Waals surface area contributed by atoms with Gasteiger partial charge in [0.05, 0.1) is 34.8 Å². The van der Waals surface area contributed by atoms with Gasteiger partial charge < -0.3 is 19.5 Å². The molecule has 3 aromatic carbocycles. The van der Waals surface area contributed by atoms with E-state index in [2.05, 4.69) is 84.4 Å². The Balaban J connectivity index is 0.000000126. The molecule has 1 amide bonds. The van der Waals surface area contributed by atoms with Crippen molar-refractivity contribution in [1.82, 2.24) is 20.3 Å². The van der Waals surface area contributed by atoms with Gasteiger partial charge >= 0.3 is 17.9 Å². The molecule has 3 aromatic heterocycles. The third kappa shape index (κ3) is 14.7. The number of aromatic nitrogens is 3. The molecule has 21 atom stereocenters. The fraction of sp³-hybridized carbons (Fsp3) is 0.488. The molecule has 6 aromatic rings. The summed E-state index contributed by atoms with van der Waals surface area (Å²) >= 11 is 0. The molecule has 7 aliphatic carbocycles. The van der Waals surface area contributed by atoms with Crippen molar-refractivity contribution >= 4 is 42.0 Å². The standard InChI is InChI=1S/C30H33FN2O3.2C27H30FNO2/c1-17-28-26(12-9-23-8-7-20(16-32-23)19-3-2-4-22(31)13-19)25-11-10-24(33-29(34)18-5-6-18)14-21(25)15-27(28)30(35)36-17;2*1-16-6-10-23-20(12-16)14-25-26(17(2)31-27(25)30)24(23)11-9-22-8-7-19(15-29-22)18-4-3-5-21(28)13-18/h2-4,7-9,12-13,16-18,21,24-28H,5-6,10-11,14-15H2,1H3,(H,33,34);2*3-5,7-9,11,13,15-17,20,23-26H,6,10,12,14H2,1-2H3/b12-9+;2*11-9+/t17-,21+,24-,25-,26+,27-,28+;2*16-,17-,20+,23-,24+,25-,26+/m111/s1. The summed E-state index contributed by atoms with van der Waals surface area (Å²) in [6.45, 7) is 10.8. The number of carbonyl (C=O) groups is 4. The maximum absolute atomic E-state index is 13.6. The van der Waals surface area contributed by atoms with Gasteiger partial charge in [0.25, 0.3) is 0 Å². The summed E-state index contributed by atoms with van der Waals surface area (Å²) in [5.74, 6) is 6.13. The van der Waals surface area contributed by atoms with E-state index in [-0.39, 0.29) is 113 Å². The van der Waals surface area contributed by atoms with Crippen molar-refractivity contribution in [3.63, 3.8) is 0 Å². The minimum atomic E-state index is -0.262. The van der Waals surface area contributed by atoms with Crippen LogP contribution in [0.25, 0.3) is 51.6 Å². The monoisotopic (exact) mass is 1330 g/mol. The molecule has 1 N–H and O–H groups in total. The first kappa shape index (κ1) is 67.2. The van der Waals surface area contributed by atoms with Crippen LogP contribution in [0.3, 0.4) is 0 Å². The number of hydrogen-bond donors (Lipinski definition) is 1. The van der Waals surface area contributed by atoms with Gasteiger partial charge in [-0.25, -0.2) is 13.2 Å². The van der Waals surface area contributed by atoms with Gasteiger partial charge in [0.2, 0.25) is 5.91 Å². The average molecular weight is 1330 g/mol. The number of nitrogens with zero attached hydrogens (tertiary/aromatic N) is 3. The predicted molar refractivity (Wildman–Crippen MR) is 373 cm³/mol. The molecule has 6 heterocycles. The Labute approximate surface area is 575 Å². The largest absolute Gasteiger partial charge is 0.462 e. The number of cyclic esters (lactones) is 3. The highest BCUT2D eigenvalue weighted by molar-refractivity contribution is 5.81. The average Bonchev–Trinajstić information content (AvgIpc) is 1.57. The molecule has 0 spiro atoms. The molecule has 0 bridgehead atoms. The Bertz CT molecular complexity index is 3790. The molecule has 10 fully saturated rings. The highest BCUT2D eigenvalue weighted by atomic mass is 19.1. The van der Waals surface area contributed by atoms with Crippen molar-refractivity contribution in [2.45, 2.75) is 149 Å². The first-order chi connectivity index (χ1) is 47.4. The fourth-order valence-electron chi connectivity index (χ4n) is 19.8. The van der Waals surface area contributed by atoms with Crippen LogP contribution >= 0.6 is 0 Å². The molecule has 10 aliphatic rings. The van der Waals surface area contributed by atoms with E-state index < -0.39 is 0 Å². The van der Waals surface area contributed by atoms with Crippen LogP contribution in [-0.4, -0.2) is 63.1 Å². The highest BCUT2D eigenvalue weighted by Gasteiger charge is 2.57. The number of halogens is 3. The number of carbonyl (C=O) groups excluding carboxylic acids is 4. The van der Waals surface area contributed by atoms with E-state index in [1.165, 1.54) is 74.9 Å². The van der Waals surface area contributed by atoms with Crippen LogP contribution in [0, 0.1) is 124 Å². The van der Waals surface area contributed by atoms with Gasteiger partial charge in [0.1, 0.15) is 35.8 Å². The molecular weight excluding hydrogens is 1230 g/mol. The summed E-state index contributed by atoms with van der Waals surface area (Å²) in [7, 11) is 0. The maximum Gasteiger partial charge on any atom is 0.309 e. The van der Waals surface area contributed by atoms with E-state index in [9.17, 15) is 32.3 Å². The molecule has 3 aliphatic heterocycles. The lowest BCUT2D eigenvalue weighted by Crippen LogP contribution is -2.48. The Morgan fingerprint density at radius 1 is 0.418 bits per heavy atom. The van der Waals surface area contributed by atoms with Crippen molar-refractivity contribution in [3.05, 3.63) is 181 Å². The minimum Gasteiger partial charge on any atom is -0.462 e. The quantitative estimate of drug-likeness (QED) is 0.0982. The first-order valence-electron chi connectivity index (χ1n) is 36.6. The number of rotatable bonds is 11. The number of ether oxygens (including phenoxy) is 3. The van der Waals surface area contributed by atoms with E-state index in [4.69, 9.17) is 14.2 Å². The summed E-state index contributed by atoms with van der Waals surface area (Å²) in [4.78, 5) is 63.9. The second-order valence-corrected chi connectivity index (χ2v) is 30.8. The summed E-state index contributed by atoms with van der Waals surface area (Å²) in [6.07, 6.45) is 33.7. The smallest absolute Gasteiger partial charge is 0.309 e. The third-order valence-corrected chi connectivity index (χ3v) is 24.6. The number of allylic oxidation sites excluding steroid dienone is 3. The third-order valence-electron chi connectivity index (χ3n) is 24.6. The Morgan fingerprint density at radius 3 is 1.09 bits per heavy atom. The number of hydrogen-bond acceptors (Lipinski definition) is 10. The van der Waals surface area contributed by atoms with Crippen LogP contribution in [0.1, 0.15) is 142 Å². The van der Waals surface area contributed by atoms with Crippen LogP contribution in [0.15, 0.2) is 146 Å². The maximum atomic E-state index is 13.6. The number of esters is 3. The van der Waals surface area contributed by atoms with E-state index in [1.54, 1.807) is 36.8 Å². The lowest BCUT2D eigenvalue weighted by atomic mass is 9.56. The molecular formula is C84H93F3N4O7. The van der Waals surface area contributed by atoms with Gasteiger partial charge in [-0.3, -0.25) is 34.1 Å². The zero-order valence-corrected chi connectivity index (χ0v) is 57.0. The number of amides is 1. The summed E-state index contributed by atoms with van der Waals surface area (Å²) in [6, 6.07) is 31.8. The Kier molecular flexibility index (Phi) is 19.9. The Morgan fingerprint density at radius 2 is 0.765 bits per heavy atom. The predicted octanol–water partition coefficient (Wildman–Crippen LogP) is 17.7. The van der Waals surface area contributed by atoms with Gasteiger partial charge in [0.15, 0.2) is 0 Å². The molecule has 3 saturated heterocycles. The molecule has 0 unspecified atom stereocenters. The fourth-order valence-corrected chi connectivity index (χ4v) is 19.8. The van der Waals surface area contributed by atoms with Crippen LogP contribution in [0.2, 0.25) is 0 Å². The van der Waals surface area contributed by atoms with Crippen LogP contribution in [0.4, 0.5) is 13.2 Å². The van der Waals surface area contributed by atoms with Gasteiger partial charge in [0, 0.05) is 65.0 Å². The van der Waals surface area contributed by atoms with Crippen molar-refractivity contribution in [3.8, 4) is 33.4 Å². The zero-order chi connectivity index (χ0) is 67.9. The topological polar surface area (TPSA) is 147 Å². The molecule has 512 valence electrons. The van der Waals surface area contributed by atoms with E-state index in [0.717, 1.165) is 114 Å². The van der Waals surface area contributed by atoms with Crippen molar-refractivity contribution in [2.75, 3.05) is 0 Å². The summed E-state index contributed by atoms with van der Waals surface area (Å²) in [5.41, 5.74) is 7.76. The van der Waals surface area contributed by atoms with Crippen LogP contribution in [-0.2, 0) is 33.4 Å². The van der Waals surface area contributed by atoms with Gasteiger partial charge in [-0.1, -0.05) is 99.5 Å². The van der Waals surface area contributed by atoms with Crippen molar-refractivity contribution < 1.29 is 46.6 Å². The van der Waals surface area contributed by atoms with Gasteiger partial charge in [-0.2, -0.15) is 0 Å². The summed E-state index contributed by atoms with van der Waals surface area (Å²) in [5, 5.41) is 3.28. The number of benzene rings is 3. The van der Waals surface area contributed by atoms with E-state index >= 15 is 0 Å². The zero-order valence-electron chi connectivity index (χ0n) is 57.0. The number of fused-ring (bicyclic) bond motifs is 6. The van der Waals surface area contributed by atoms with E-state index in [1.807, 2.05) is 61.5 Å². The normalized spacial score (nSPS) is 34.4. The van der Waals surface area contributed by atoms with Crippen LogP contribution < -0.4 is 5.32 Å².